The van der Waals surface area contributed by atoms with E-state index in [1.807, 2.05) is 48.5 Å². The second kappa shape index (κ2) is 7.70. The third-order valence-corrected chi connectivity index (χ3v) is 3.80. The van der Waals surface area contributed by atoms with Crippen molar-refractivity contribution in [2.75, 3.05) is 11.9 Å². The molecule has 0 aliphatic carbocycles. The summed E-state index contributed by atoms with van der Waals surface area (Å²) in [5, 5.41) is 21.5. The van der Waals surface area contributed by atoms with Crippen LogP contribution in [0.15, 0.2) is 66.7 Å². The lowest BCUT2D eigenvalue weighted by Crippen LogP contribution is -2.12. The zero-order valence-corrected chi connectivity index (χ0v) is 13.7. The van der Waals surface area contributed by atoms with Crippen LogP contribution in [0.1, 0.15) is 13.3 Å². The van der Waals surface area contributed by atoms with Crippen LogP contribution in [-0.2, 0) is 0 Å². The Morgan fingerprint density at radius 2 is 1.54 bits per heavy atom. The van der Waals surface area contributed by atoms with Crippen molar-refractivity contribution >= 4 is 5.82 Å². The number of nitrogens with one attached hydrogen (secondary N) is 1. The summed E-state index contributed by atoms with van der Waals surface area (Å²) in [6.07, 6.45) is 0.324. The van der Waals surface area contributed by atoms with Crippen molar-refractivity contribution in [3.05, 3.63) is 66.7 Å². The fraction of sp³-hybridized carbons (Fsp3) is 0.200. The van der Waals surface area contributed by atoms with E-state index in [1.54, 1.807) is 6.92 Å². The number of aromatic nitrogens is 2. The maximum absolute atomic E-state index is 9.43. The smallest absolute Gasteiger partial charge is 0.156 e. The molecule has 0 saturated carbocycles. The quantitative estimate of drug-likeness (QED) is 0.721. The van der Waals surface area contributed by atoms with E-state index in [9.17, 15) is 5.11 Å². The van der Waals surface area contributed by atoms with Crippen molar-refractivity contribution in [1.82, 2.24) is 10.2 Å². The molecule has 4 nitrogen and oxygen atoms in total. The van der Waals surface area contributed by atoms with Crippen molar-refractivity contribution in [3.63, 3.8) is 0 Å². The summed E-state index contributed by atoms with van der Waals surface area (Å²) in [6, 6.07) is 22.2. The molecular formula is C20H21N3O. The molecule has 0 fully saturated rings. The van der Waals surface area contributed by atoms with Gasteiger partial charge in [-0.2, -0.15) is 0 Å². The Bertz CT molecular complexity index is 773. The highest BCUT2D eigenvalue weighted by Gasteiger charge is 2.10. The first-order chi connectivity index (χ1) is 11.7. The van der Waals surface area contributed by atoms with Crippen LogP contribution in [0.4, 0.5) is 5.82 Å². The maximum atomic E-state index is 9.43. The number of benzene rings is 2. The van der Waals surface area contributed by atoms with Crippen LogP contribution in [0, 0.1) is 0 Å². The molecule has 1 unspecified atom stereocenters. The van der Waals surface area contributed by atoms with Gasteiger partial charge in [0.2, 0.25) is 0 Å². The minimum Gasteiger partial charge on any atom is -0.393 e. The summed E-state index contributed by atoms with van der Waals surface area (Å²) >= 11 is 0. The molecule has 0 radical (unpaired) electrons. The number of aliphatic hydroxyl groups is 1. The van der Waals surface area contributed by atoms with Crippen molar-refractivity contribution in [2.24, 2.45) is 0 Å². The molecule has 3 rings (SSSR count). The Hall–Kier alpha value is -2.72. The highest BCUT2D eigenvalue weighted by molar-refractivity contribution is 5.78. The molecule has 1 aromatic heterocycles. The van der Waals surface area contributed by atoms with E-state index in [-0.39, 0.29) is 6.10 Å². The summed E-state index contributed by atoms with van der Waals surface area (Å²) in [7, 11) is 0. The topological polar surface area (TPSA) is 58.0 Å². The second-order valence-corrected chi connectivity index (χ2v) is 5.79. The Kier molecular flexibility index (Phi) is 5.18. The first kappa shape index (κ1) is 16.1. The van der Waals surface area contributed by atoms with Crippen molar-refractivity contribution in [2.45, 2.75) is 19.4 Å². The average Bonchev–Trinajstić information content (AvgIpc) is 2.63. The Morgan fingerprint density at radius 1 is 0.917 bits per heavy atom. The molecule has 0 aliphatic heterocycles. The van der Waals surface area contributed by atoms with Gasteiger partial charge in [0.25, 0.3) is 0 Å². The Morgan fingerprint density at radius 3 is 2.17 bits per heavy atom. The second-order valence-electron chi connectivity index (χ2n) is 5.79. The Labute approximate surface area is 142 Å². The van der Waals surface area contributed by atoms with Crippen molar-refractivity contribution in [3.8, 4) is 22.4 Å². The van der Waals surface area contributed by atoms with Crippen LogP contribution in [0.2, 0.25) is 0 Å². The molecular weight excluding hydrogens is 298 g/mol. The largest absolute Gasteiger partial charge is 0.393 e. The summed E-state index contributed by atoms with van der Waals surface area (Å²) in [4.78, 5) is 0. The number of hydrogen-bond acceptors (Lipinski definition) is 4. The number of nitrogens with zero attached hydrogens (tertiary/aromatic N) is 2. The molecule has 4 heteroatoms. The van der Waals surface area contributed by atoms with Gasteiger partial charge in [0, 0.05) is 17.7 Å². The van der Waals surface area contributed by atoms with E-state index < -0.39 is 0 Å². The minimum atomic E-state index is -0.339. The van der Waals surface area contributed by atoms with Gasteiger partial charge in [-0.25, -0.2) is 0 Å². The Balaban J connectivity index is 1.96. The van der Waals surface area contributed by atoms with Gasteiger partial charge in [0.15, 0.2) is 5.82 Å². The minimum absolute atomic E-state index is 0.339. The molecule has 0 bridgehead atoms. The predicted molar refractivity (Wildman–Crippen MR) is 97.7 cm³/mol. The fourth-order valence-corrected chi connectivity index (χ4v) is 2.51. The van der Waals surface area contributed by atoms with Crippen LogP contribution in [0.3, 0.4) is 0 Å². The predicted octanol–water partition coefficient (Wildman–Crippen LogP) is 3.99. The summed E-state index contributed by atoms with van der Waals surface area (Å²) in [6.45, 7) is 2.43. The highest BCUT2D eigenvalue weighted by atomic mass is 16.3. The van der Waals surface area contributed by atoms with E-state index >= 15 is 0 Å². The molecule has 2 aromatic carbocycles. The summed E-state index contributed by atoms with van der Waals surface area (Å²) < 4.78 is 0. The van der Waals surface area contributed by atoms with Gasteiger partial charge < -0.3 is 10.4 Å². The van der Waals surface area contributed by atoms with Gasteiger partial charge in [-0.15, -0.1) is 10.2 Å². The summed E-state index contributed by atoms with van der Waals surface area (Å²) in [5.74, 6) is 0.738. The normalized spacial score (nSPS) is 11.9. The molecule has 0 spiro atoms. The van der Waals surface area contributed by atoms with Gasteiger partial charge in [0.05, 0.1) is 11.8 Å². The third-order valence-electron chi connectivity index (χ3n) is 3.80. The molecule has 0 saturated heterocycles. The van der Waals surface area contributed by atoms with Crippen molar-refractivity contribution in [1.29, 1.82) is 0 Å². The highest BCUT2D eigenvalue weighted by Crippen LogP contribution is 2.29. The van der Waals surface area contributed by atoms with E-state index in [2.05, 4.69) is 33.7 Å². The summed E-state index contributed by atoms with van der Waals surface area (Å²) in [5.41, 5.74) is 3.98. The molecule has 122 valence electrons. The number of anilines is 1. The van der Waals surface area contributed by atoms with E-state index in [0.717, 1.165) is 28.2 Å². The van der Waals surface area contributed by atoms with E-state index in [1.165, 1.54) is 0 Å². The lowest BCUT2D eigenvalue weighted by Gasteiger charge is -2.13. The van der Waals surface area contributed by atoms with Gasteiger partial charge in [-0.3, -0.25) is 0 Å². The molecule has 0 aliphatic rings. The molecule has 3 aromatic rings. The van der Waals surface area contributed by atoms with Crippen LogP contribution in [0.5, 0.6) is 0 Å². The first-order valence-corrected chi connectivity index (χ1v) is 8.14. The standard InChI is InChI=1S/C20H21N3O/c1-15(24)12-13-21-20-18(16-8-4-2-5-9-16)14-19(22-23-20)17-10-6-3-7-11-17/h2-11,14-15,24H,12-13H2,1H3,(H,21,23). The van der Waals surface area contributed by atoms with Gasteiger partial charge in [-0.1, -0.05) is 60.7 Å². The SMILES string of the molecule is CC(O)CCNc1nnc(-c2ccccc2)cc1-c1ccccc1. The maximum Gasteiger partial charge on any atom is 0.156 e. The van der Waals surface area contributed by atoms with Gasteiger partial charge in [-0.05, 0) is 25.0 Å². The van der Waals surface area contributed by atoms with E-state index in [4.69, 9.17) is 0 Å². The van der Waals surface area contributed by atoms with Crippen LogP contribution in [-0.4, -0.2) is 28.0 Å². The van der Waals surface area contributed by atoms with Crippen LogP contribution in [0.25, 0.3) is 22.4 Å². The fourth-order valence-electron chi connectivity index (χ4n) is 2.51. The zero-order valence-electron chi connectivity index (χ0n) is 13.7. The van der Waals surface area contributed by atoms with Gasteiger partial charge in [0.1, 0.15) is 0 Å². The molecule has 1 atom stereocenters. The number of hydrogen-bond donors (Lipinski definition) is 2. The van der Waals surface area contributed by atoms with Gasteiger partial charge >= 0.3 is 0 Å². The monoisotopic (exact) mass is 319 g/mol. The molecule has 0 amide bonds. The molecule has 1 heterocycles. The lowest BCUT2D eigenvalue weighted by atomic mass is 10.0. The van der Waals surface area contributed by atoms with Crippen molar-refractivity contribution < 1.29 is 5.11 Å². The third kappa shape index (κ3) is 3.97. The van der Waals surface area contributed by atoms with Crippen LogP contribution >= 0.6 is 0 Å². The number of rotatable bonds is 6. The molecule has 2 N–H and O–H groups in total. The number of aliphatic hydroxyl groups excluding tert-OH is 1. The van der Waals surface area contributed by atoms with Crippen LogP contribution < -0.4 is 5.32 Å². The van der Waals surface area contributed by atoms with E-state index in [0.29, 0.717) is 13.0 Å². The zero-order chi connectivity index (χ0) is 16.8. The average molecular weight is 319 g/mol. The first-order valence-electron chi connectivity index (χ1n) is 8.14. The molecule has 24 heavy (non-hydrogen) atoms. The lowest BCUT2D eigenvalue weighted by molar-refractivity contribution is 0.188.